The Balaban J connectivity index is 2.12. The molecule has 0 fully saturated rings. The van der Waals surface area contributed by atoms with E-state index in [-0.39, 0.29) is 0 Å². The van der Waals surface area contributed by atoms with Crippen molar-refractivity contribution in [1.82, 2.24) is 10.1 Å². The Labute approximate surface area is 147 Å². The summed E-state index contributed by atoms with van der Waals surface area (Å²) >= 11 is 0. The quantitative estimate of drug-likeness (QED) is 0.508. The van der Waals surface area contributed by atoms with Gasteiger partial charge >= 0.3 is 0 Å². The van der Waals surface area contributed by atoms with Gasteiger partial charge in [-0.3, -0.25) is 0 Å². The van der Waals surface area contributed by atoms with Crippen LogP contribution in [0.25, 0.3) is 0 Å². The van der Waals surface area contributed by atoms with E-state index in [9.17, 15) is 0 Å². The average molecular weight is 326 g/mol. The summed E-state index contributed by atoms with van der Waals surface area (Å²) in [4.78, 5) is 4.63. The van der Waals surface area contributed by atoms with Crippen molar-refractivity contribution in [3.63, 3.8) is 0 Å². The van der Waals surface area contributed by atoms with Crippen LogP contribution >= 0.6 is 0 Å². The highest BCUT2D eigenvalue weighted by atomic mass is 16.5. The van der Waals surface area contributed by atoms with Crippen LogP contribution in [0.2, 0.25) is 0 Å². The lowest BCUT2D eigenvalue weighted by Gasteiger charge is -2.32. The second kappa shape index (κ2) is 6.36. The van der Waals surface area contributed by atoms with Crippen molar-refractivity contribution in [3.05, 3.63) is 119 Å². The van der Waals surface area contributed by atoms with E-state index in [1.54, 1.807) is 0 Å². The zero-order chi connectivity index (χ0) is 17.1. The van der Waals surface area contributed by atoms with Crippen molar-refractivity contribution < 1.29 is 4.52 Å². The minimum absolute atomic E-state index is 0.558. The molecule has 25 heavy (non-hydrogen) atoms. The molecule has 0 unspecified atom stereocenters. The van der Waals surface area contributed by atoms with E-state index >= 15 is 0 Å². The third kappa shape index (κ3) is 2.54. The highest BCUT2D eigenvalue weighted by Crippen LogP contribution is 2.43. The fraction of sp³-hybridized carbons (Fsp3) is 0.0909. The summed E-state index contributed by atoms with van der Waals surface area (Å²) in [5.41, 5.74) is 2.69. The third-order valence-corrected chi connectivity index (χ3v) is 4.48. The first-order valence-electron chi connectivity index (χ1n) is 8.29. The Morgan fingerprint density at radius 3 is 1.36 bits per heavy atom. The Morgan fingerprint density at radius 2 is 1.04 bits per heavy atom. The van der Waals surface area contributed by atoms with Crippen LogP contribution in [0.4, 0.5) is 0 Å². The van der Waals surface area contributed by atoms with Crippen molar-refractivity contribution in [2.75, 3.05) is 0 Å². The zero-order valence-electron chi connectivity index (χ0n) is 14.0. The molecule has 0 N–H and O–H groups in total. The van der Waals surface area contributed by atoms with Crippen molar-refractivity contribution in [2.45, 2.75) is 12.3 Å². The van der Waals surface area contributed by atoms with Crippen LogP contribution in [0.5, 0.6) is 0 Å². The predicted molar refractivity (Wildman–Crippen MR) is 97.3 cm³/mol. The normalized spacial score (nSPS) is 11.4. The monoisotopic (exact) mass is 326 g/mol. The van der Waals surface area contributed by atoms with Crippen LogP contribution in [0.1, 0.15) is 28.4 Å². The van der Waals surface area contributed by atoms with Gasteiger partial charge in [-0.05, 0) is 16.7 Å². The summed E-state index contributed by atoms with van der Waals surface area (Å²) in [7, 11) is 0. The van der Waals surface area contributed by atoms with E-state index in [0.717, 1.165) is 16.7 Å². The summed E-state index contributed by atoms with van der Waals surface area (Å²) in [5.74, 6) is 1.20. The predicted octanol–water partition coefficient (Wildman–Crippen LogP) is 4.76. The maximum atomic E-state index is 5.37. The maximum Gasteiger partial charge on any atom is 0.223 e. The van der Waals surface area contributed by atoms with Gasteiger partial charge in [0.2, 0.25) is 5.89 Å². The molecule has 3 aromatic carbocycles. The van der Waals surface area contributed by atoms with Crippen molar-refractivity contribution in [2.24, 2.45) is 0 Å². The lowest BCUT2D eigenvalue weighted by atomic mass is 9.69. The fourth-order valence-electron chi connectivity index (χ4n) is 3.40. The van der Waals surface area contributed by atoms with Crippen molar-refractivity contribution in [3.8, 4) is 0 Å². The molecule has 0 spiro atoms. The van der Waals surface area contributed by atoms with Gasteiger partial charge in [-0.25, -0.2) is 0 Å². The summed E-state index contributed by atoms with van der Waals surface area (Å²) in [6, 6.07) is 31.0. The minimum Gasteiger partial charge on any atom is -0.340 e. The number of hydrogen-bond acceptors (Lipinski definition) is 3. The van der Waals surface area contributed by atoms with Crippen LogP contribution in [0, 0.1) is 6.92 Å². The van der Waals surface area contributed by atoms with Crippen LogP contribution in [-0.2, 0) is 5.41 Å². The van der Waals surface area contributed by atoms with Crippen LogP contribution in [-0.4, -0.2) is 10.1 Å². The number of rotatable bonds is 4. The number of aryl methyl sites for hydroxylation is 1. The molecule has 0 radical (unpaired) electrons. The fourth-order valence-corrected chi connectivity index (χ4v) is 3.40. The Hall–Kier alpha value is -3.20. The molecule has 4 aromatic rings. The highest BCUT2D eigenvalue weighted by molar-refractivity contribution is 5.56. The lowest BCUT2D eigenvalue weighted by Crippen LogP contribution is -2.32. The molecule has 1 aromatic heterocycles. The molecule has 0 saturated heterocycles. The molecule has 122 valence electrons. The van der Waals surface area contributed by atoms with E-state index in [0.29, 0.717) is 11.7 Å². The molecule has 1 heterocycles. The third-order valence-electron chi connectivity index (χ3n) is 4.48. The summed E-state index contributed by atoms with van der Waals surface area (Å²) in [5, 5.41) is 4.33. The second-order valence-corrected chi connectivity index (χ2v) is 5.99. The van der Waals surface area contributed by atoms with Gasteiger partial charge in [-0.1, -0.05) is 96.2 Å². The molecule has 0 aliphatic carbocycles. The largest absolute Gasteiger partial charge is 0.340 e. The highest BCUT2D eigenvalue weighted by Gasteiger charge is 2.42. The SMILES string of the molecule is Cc1nc(C(c2ccccc2)(c2ccccc2)c2ccccc2)no1. The molecule has 3 nitrogen and oxygen atoms in total. The summed E-state index contributed by atoms with van der Waals surface area (Å²) in [6.45, 7) is 1.82. The molecule has 3 heteroatoms. The van der Waals surface area contributed by atoms with Gasteiger partial charge in [0, 0.05) is 6.92 Å². The van der Waals surface area contributed by atoms with Gasteiger partial charge < -0.3 is 4.52 Å². The first kappa shape index (κ1) is 15.3. The molecule has 4 rings (SSSR count). The van der Waals surface area contributed by atoms with E-state index in [1.807, 2.05) is 61.5 Å². The van der Waals surface area contributed by atoms with Crippen LogP contribution < -0.4 is 0 Å². The molecule has 0 aliphatic rings. The summed E-state index contributed by atoms with van der Waals surface area (Å²) < 4.78 is 5.37. The van der Waals surface area contributed by atoms with Gasteiger partial charge in [0.1, 0.15) is 5.41 Å². The van der Waals surface area contributed by atoms with Crippen LogP contribution in [0.3, 0.4) is 0 Å². The standard InChI is InChI=1S/C22H18N2O/c1-17-23-21(24-25-17)22(18-11-5-2-6-12-18,19-13-7-3-8-14-19)20-15-9-4-10-16-20/h2-16H,1H3. The first-order chi connectivity index (χ1) is 12.3. The molecular formula is C22H18N2O. The number of hydrogen-bond donors (Lipinski definition) is 0. The Morgan fingerprint density at radius 1 is 0.640 bits per heavy atom. The first-order valence-corrected chi connectivity index (χ1v) is 8.29. The molecule has 0 saturated carbocycles. The van der Waals surface area contributed by atoms with Crippen molar-refractivity contribution >= 4 is 0 Å². The second-order valence-electron chi connectivity index (χ2n) is 5.99. The number of benzene rings is 3. The maximum absolute atomic E-state index is 5.37. The molecule has 0 aliphatic heterocycles. The van der Waals surface area contributed by atoms with Gasteiger partial charge in [-0.15, -0.1) is 0 Å². The molecule has 0 amide bonds. The van der Waals surface area contributed by atoms with E-state index in [1.165, 1.54) is 0 Å². The topological polar surface area (TPSA) is 38.9 Å². The van der Waals surface area contributed by atoms with Crippen LogP contribution in [0.15, 0.2) is 95.5 Å². The Kier molecular flexibility index (Phi) is 3.90. The van der Waals surface area contributed by atoms with E-state index in [4.69, 9.17) is 4.52 Å². The minimum atomic E-state index is -0.623. The number of nitrogens with zero attached hydrogens (tertiary/aromatic N) is 2. The zero-order valence-corrected chi connectivity index (χ0v) is 14.0. The van der Waals surface area contributed by atoms with Gasteiger partial charge in [0.05, 0.1) is 0 Å². The van der Waals surface area contributed by atoms with Gasteiger partial charge in [-0.2, -0.15) is 4.98 Å². The molecular weight excluding hydrogens is 308 g/mol. The van der Waals surface area contributed by atoms with Gasteiger partial charge in [0.15, 0.2) is 5.82 Å². The van der Waals surface area contributed by atoms with Crippen molar-refractivity contribution in [1.29, 1.82) is 0 Å². The average Bonchev–Trinajstić information content (AvgIpc) is 3.12. The Bertz CT molecular complexity index is 850. The van der Waals surface area contributed by atoms with Gasteiger partial charge in [0.25, 0.3) is 0 Å². The molecule has 0 atom stereocenters. The van der Waals surface area contributed by atoms with E-state index < -0.39 is 5.41 Å². The summed E-state index contributed by atoms with van der Waals surface area (Å²) in [6.07, 6.45) is 0. The van der Waals surface area contributed by atoms with E-state index in [2.05, 4.69) is 46.5 Å². The molecule has 0 bridgehead atoms. The lowest BCUT2D eigenvalue weighted by molar-refractivity contribution is 0.382. The smallest absolute Gasteiger partial charge is 0.223 e. The number of aromatic nitrogens is 2.